The Morgan fingerprint density at radius 2 is 1.86 bits per heavy atom. The molecule has 11 heteroatoms. The van der Waals surface area contributed by atoms with Gasteiger partial charge in [-0.05, 0) is 31.5 Å². The van der Waals surface area contributed by atoms with Crippen molar-refractivity contribution in [2.75, 3.05) is 11.1 Å². The van der Waals surface area contributed by atoms with E-state index in [1.165, 1.54) is 20.9 Å². The Morgan fingerprint density at radius 1 is 1.24 bits per heavy atom. The highest BCUT2D eigenvalue weighted by atomic mass is 32.2. The van der Waals surface area contributed by atoms with Crippen LogP contribution >= 0.6 is 0 Å². The first-order valence-electron chi connectivity index (χ1n) is 8.49. The number of sulfone groups is 1. The van der Waals surface area contributed by atoms with Crippen molar-refractivity contribution in [3.8, 4) is 0 Å². The maximum Gasteiger partial charge on any atom is 0.392 e. The fourth-order valence-electron chi connectivity index (χ4n) is 2.68. The van der Waals surface area contributed by atoms with E-state index in [1.54, 1.807) is 0 Å². The number of hydrogen-bond acceptors (Lipinski definition) is 3. The molecule has 0 aliphatic carbocycles. The second-order valence-corrected chi connectivity index (χ2v) is 8.62. The summed E-state index contributed by atoms with van der Waals surface area (Å²) in [4.78, 5) is 11.9. The van der Waals surface area contributed by atoms with Gasteiger partial charge in [0.15, 0.2) is 15.7 Å². The Labute approximate surface area is 164 Å². The van der Waals surface area contributed by atoms with E-state index in [2.05, 4.69) is 5.32 Å². The molecule has 1 heterocycles. The van der Waals surface area contributed by atoms with Gasteiger partial charge in [-0.2, -0.15) is 13.2 Å². The molecule has 1 aromatic heterocycles. The highest BCUT2D eigenvalue weighted by Gasteiger charge is 2.41. The molecule has 29 heavy (non-hydrogen) atoms. The maximum absolute atomic E-state index is 14.1. The number of amides is 1. The van der Waals surface area contributed by atoms with Crippen LogP contribution in [0.1, 0.15) is 29.4 Å². The molecule has 1 aromatic carbocycles. The zero-order chi connectivity index (χ0) is 22.1. The zero-order valence-electron chi connectivity index (χ0n) is 15.8. The molecular formula is C18H19F5N2O3S. The van der Waals surface area contributed by atoms with E-state index in [0.29, 0.717) is 0 Å². The number of carbonyl (C=O) groups is 1. The number of aromatic nitrogens is 1. The molecule has 2 aromatic rings. The minimum absolute atomic E-state index is 0.218. The zero-order valence-corrected chi connectivity index (χ0v) is 16.6. The van der Waals surface area contributed by atoms with E-state index >= 15 is 0 Å². The number of rotatable bonds is 6. The summed E-state index contributed by atoms with van der Waals surface area (Å²) in [6.07, 6.45) is -4.07. The number of anilines is 1. The lowest BCUT2D eigenvalue weighted by Gasteiger charge is -2.17. The summed E-state index contributed by atoms with van der Waals surface area (Å²) in [5, 5.41) is 2.20. The van der Waals surface area contributed by atoms with Crippen LogP contribution in [0.4, 0.5) is 27.6 Å². The average molecular weight is 438 g/mol. The summed E-state index contributed by atoms with van der Waals surface area (Å²) >= 11 is 0. The standard InChI is InChI=1S/C18H19F5N2O3S/c1-4-11(18(21,22)23)9-29(27,28)12-7-15(25(3)8-12)17(26)24-14-6-5-13(19)10(2)16(14)20/h5-8,11H,4,9H2,1-3H3,(H,24,26)/t11-/m1/s1. The van der Waals surface area contributed by atoms with Crippen molar-refractivity contribution in [2.45, 2.75) is 31.3 Å². The van der Waals surface area contributed by atoms with Crippen molar-refractivity contribution in [3.05, 3.63) is 47.3 Å². The quantitative estimate of drug-likeness (QED) is 0.687. The van der Waals surface area contributed by atoms with Crippen LogP contribution < -0.4 is 5.32 Å². The second-order valence-electron chi connectivity index (χ2n) is 6.59. The predicted molar refractivity (Wildman–Crippen MR) is 96.4 cm³/mol. The molecule has 0 aliphatic rings. The van der Waals surface area contributed by atoms with Gasteiger partial charge in [0.25, 0.3) is 5.91 Å². The Hall–Kier alpha value is -2.43. The summed E-state index contributed by atoms with van der Waals surface area (Å²) in [5.74, 6) is -5.88. The molecule has 0 fully saturated rings. The van der Waals surface area contributed by atoms with Crippen LogP contribution in [0.15, 0.2) is 29.3 Å². The minimum atomic E-state index is -4.67. The first-order chi connectivity index (χ1) is 13.3. The molecule has 0 saturated carbocycles. The highest BCUT2D eigenvalue weighted by molar-refractivity contribution is 7.91. The van der Waals surface area contributed by atoms with Gasteiger partial charge in [0.1, 0.15) is 11.5 Å². The number of nitrogens with one attached hydrogen (secondary N) is 1. The Kier molecular flexibility index (Phi) is 6.41. The summed E-state index contributed by atoms with van der Waals surface area (Å²) < 4.78 is 92.0. The van der Waals surface area contributed by atoms with Crippen LogP contribution in [0.2, 0.25) is 0 Å². The third-order valence-corrected chi connectivity index (χ3v) is 6.30. The third-order valence-electron chi connectivity index (χ3n) is 4.52. The number of benzene rings is 1. The van der Waals surface area contributed by atoms with Gasteiger partial charge in [0.05, 0.1) is 22.3 Å². The number of carbonyl (C=O) groups excluding carboxylic acids is 1. The van der Waals surface area contributed by atoms with E-state index in [9.17, 15) is 35.2 Å². The molecule has 5 nitrogen and oxygen atoms in total. The molecule has 0 aliphatic heterocycles. The van der Waals surface area contributed by atoms with Gasteiger partial charge < -0.3 is 9.88 Å². The number of aryl methyl sites for hydroxylation is 1. The third kappa shape index (κ3) is 4.95. The molecule has 0 spiro atoms. The molecule has 160 valence electrons. The monoisotopic (exact) mass is 438 g/mol. The number of alkyl halides is 3. The molecule has 1 atom stereocenters. The van der Waals surface area contributed by atoms with Gasteiger partial charge in [-0.1, -0.05) is 6.92 Å². The van der Waals surface area contributed by atoms with Crippen LogP contribution in [0.3, 0.4) is 0 Å². The molecule has 0 bridgehead atoms. The number of nitrogens with zero attached hydrogens (tertiary/aromatic N) is 1. The molecule has 2 rings (SSSR count). The molecule has 1 N–H and O–H groups in total. The van der Waals surface area contributed by atoms with Gasteiger partial charge in [0, 0.05) is 18.8 Å². The fraction of sp³-hybridized carbons (Fsp3) is 0.389. The van der Waals surface area contributed by atoms with Crippen molar-refractivity contribution >= 4 is 21.4 Å². The lowest BCUT2D eigenvalue weighted by atomic mass is 10.1. The van der Waals surface area contributed by atoms with Gasteiger partial charge in [-0.3, -0.25) is 4.79 Å². The lowest BCUT2D eigenvalue weighted by Crippen LogP contribution is -2.29. The Balaban J connectivity index is 2.30. The second kappa shape index (κ2) is 8.13. The van der Waals surface area contributed by atoms with E-state index in [1.807, 2.05) is 0 Å². The summed E-state index contributed by atoms with van der Waals surface area (Å²) in [5.41, 5.74) is -0.844. The van der Waals surface area contributed by atoms with Gasteiger partial charge in [-0.15, -0.1) is 0 Å². The normalized spacial score (nSPS) is 13.4. The molecule has 1 amide bonds. The van der Waals surface area contributed by atoms with E-state index in [0.717, 1.165) is 29.0 Å². The first-order valence-corrected chi connectivity index (χ1v) is 10.1. The van der Waals surface area contributed by atoms with Crippen LogP contribution in [-0.2, 0) is 16.9 Å². The van der Waals surface area contributed by atoms with Crippen LogP contribution in [0.25, 0.3) is 0 Å². The average Bonchev–Trinajstić information content (AvgIpc) is 3.02. The van der Waals surface area contributed by atoms with Crippen molar-refractivity contribution in [3.63, 3.8) is 0 Å². The SMILES string of the molecule is CC[C@H](CS(=O)(=O)c1cc(C(=O)Nc2ccc(F)c(C)c2F)n(C)c1)C(F)(F)F. The Bertz CT molecular complexity index is 1030. The number of hydrogen-bond donors (Lipinski definition) is 1. The predicted octanol–water partition coefficient (Wildman–Crippen LogP) is 4.23. The van der Waals surface area contributed by atoms with E-state index in [4.69, 9.17) is 0 Å². The summed E-state index contributed by atoms with van der Waals surface area (Å²) in [7, 11) is -3.01. The van der Waals surface area contributed by atoms with Gasteiger partial charge >= 0.3 is 6.18 Å². The fourth-order valence-corrected chi connectivity index (χ4v) is 4.44. The summed E-state index contributed by atoms with van der Waals surface area (Å²) in [6.45, 7) is 2.41. The van der Waals surface area contributed by atoms with Crippen LogP contribution in [0.5, 0.6) is 0 Å². The molecule has 0 radical (unpaired) electrons. The van der Waals surface area contributed by atoms with Gasteiger partial charge in [-0.25, -0.2) is 17.2 Å². The van der Waals surface area contributed by atoms with Crippen LogP contribution in [0, 0.1) is 24.5 Å². The molecule has 0 saturated heterocycles. The summed E-state index contributed by atoms with van der Waals surface area (Å²) in [6, 6.07) is 2.88. The maximum atomic E-state index is 14.1. The number of halogens is 5. The van der Waals surface area contributed by atoms with Crippen molar-refractivity contribution in [1.29, 1.82) is 0 Å². The lowest BCUT2D eigenvalue weighted by molar-refractivity contribution is -0.168. The highest BCUT2D eigenvalue weighted by Crippen LogP contribution is 2.32. The largest absolute Gasteiger partial charge is 0.392 e. The topological polar surface area (TPSA) is 68.2 Å². The first kappa shape index (κ1) is 22.9. The van der Waals surface area contributed by atoms with Crippen molar-refractivity contribution < 1.29 is 35.2 Å². The molecular weight excluding hydrogens is 419 g/mol. The molecule has 0 unspecified atom stereocenters. The van der Waals surface area contributed by atoms with Crippen molar-refractivity contribution in [1.82, 2.24) is 4.57 Å². The minimum Gasteiger partial charge on any atom is -0.345 e. The van der Waals surface area contributed by atoms with Gasteiger partial charge in [0.2, 0.25) is 0 Å². The smallest absolute Gasteiger partial charge is 0.345 e. The van der Waals surface area contributed by atoms with E-state index < -0.39 is 56.5 Å². The van der Waals surface area contributed by atoms with Crippen LogP contribution in [-0.4, -0.2) is 30.8 Å². The van der Waals surface area contributed by atoms with Crippen molar-refractivity contribution in [2.24, 2.45) is 13.0 Å². The van der Waals surface area contributed by atoms with E-state index in [-0.39, 0.29) is 16.9 Å². The Morgan fingerprint density at radius 3 is 2.41 bits per heavy atom.